The smallest absolute Gasteiger partial charge is 0.409 e. The molecule has 0 aromatic rings. The fraction of sp³-hybridized carbons (Fsp3) is 0.500. The molecular formula is C20H31BrN2O3. The normalized spacial score (nSPS) is 14.0. The van der Waals surface area contributed by atoms with Crippen molar-refractivity contribution in [2.45, 2.75) is 47.5 Å². The maximum Gasteiger partial charge on any atom is 0.409 e. The molecule has 0 saturated heterocycles. The first-order valence-corrected chi connectivity index (χ1v) is 9.53. The van der Waals surface area contributed by atoms with Crippen molar-refractivity contribution in [3.8, 4) is 0 Å². The Morgan fingerprint density at radius 3 is 2.23 bits per heavy atom. The van der Waals surface area contributed by atoms with E-state index in [1.54, 1.807) is 27.0 Å². The van der Waals surface area contributed by atoms with Gasteiger partial charge in [0.05, 0.1) is 5.57 Å². The number of ether oxygens (including phenoxy) is 1. The summed E-state index contributed by atoms with van der Waals surface area (Å²) in [7, 11) is 1.66. The van der Waals surface area contributed by atoms with Crippen molar-refractivity contribution in [1.29, 1.82) is 0 Å². The second-order valence-electron chi connectivity index (χ2n) is 6.13. The summed E-state index contributed by atoms with van der Waals surface area (Å²) in [6, 6.07) is 0. The summed E-state index contributed by atoms with van der Waals surface area (Å²) in [4.78, 5) is 26.0. The van der Waals surface area contributed by atoms with Crippen molar-refractivity contribution < 1.29 is 14.3 Å². The summed E-state index contributed by atoms with van der Waals surface area (Å²) in [5.41, 5.74) is 8.09. The molecule has 0 aliphatic heterocycles. The minimum Gasteiger partial charge on any atom is -0.444 e. The summed E-state index contributed by atoms with van der Waals surface area (Å²) < 4.78 is 6.13. The standard InChI is InChI=1S/C20H31BrN2O3/c1-7-9-14(3)18(21)11-10-15(4)19(24)17(16(5)22)13-26-20(25)23(6)12-8-2/h9-11H,7-8,12-13,22H2,1-6H3/b14-9+,15-10+,17-16-,18-11+. The molecule has 0 fully saturated rings. The van der Waals surface area contributed by atoms with Gasteiger partial charge in [0.25, 0.3) is 0 Å². The molecule has 0 saturated carbocycles. The van der Waals surface area contributed by atoms with Gasteiger partial charge in [-0.3, -0.25) is 4.79 Å². The van der Waals surface area contributed by atoms with E-state index < -0.39 is 6.09 Å². The van der Waals surface area contributed by atoms with Crippen LogP contribution in [-0.4, -0.2) is 37.0 Å². The number of ketones is 1. The highest BCUT2D eigenvalue weighted by Gasteiger charge is 2.17. The van der Waals surface area contributed by atoms with Gasteiger partial charge in [-0.1, -0.05) is 41.9 Å². The Morgan fingerprint density at radius 1 is 1.12 bits per heavy atom. The van der Waals surface area contributed by atoms with E-state index in [4.69, 9.17) is 10.5 Å². The maximum atomic E-state index is 12.6. The monoisotopic (exact) mass is 426 g/mol. The van der Waals surface area contributed by atoms with Crippen LogP contribution in [0.15, 0.2) is 45.1 Å². The Hall–Kier alpha value is -1.82. The molecule has 26 heavy (non-hydrogen) atoms. The zero-order chi connectivity index (χ0) is 20.3. The molecule has 0 radical (unpaired) electrons. The highest BCUT2D eigenvalue weighted by Crippen LogP contribution is 2.18. The first kappa shape index (κ1) is 24.2. The third-order valence-corrected chi connectivity index (χ3v) is 4.58. The Morgan fingerprint density at radius 2 is 1.73 bits per heavy atom. The molecular weight excluding hydrogens is 396 g/mol. The molecule has 0 aliphatic rings. The van der Waals surface area contributed by atoms with Crippen LogP contribution in [0.3, 0.4) is 0 Å². The van der Waals surface area contributed by atoms with Crippen molar-refractivity contribution in [1.82, 2.24) is 4.90 Å². The average Bonchev–Trinajstić information content (AvgIpc) is 2.59. The molecule has 0 heterocycles. The van der Waals surface area contributed by atoms with Gasteiger partial charge < -0.3 is 15.4 Å². The largest absolute Gasteiger partial charge is 0.444 e. The summed E-state index contributed by atoms with van der Waals surface area (Å²) in [5, 5.41) is 0. The zero-order valence-corrected chi connectivity index (χ0v) is 18.3. The Labute approximate surface area is 165 Å². The van der Waals surface area contributed by atoms with E-state index in [1.165, 1.54) is 4.90 Å². The number of carbonyl (C=O) groups excluding carboxylic acids is 2. The molecule has 5 nitrogen and oxygen atoms in total. The summed E-state index contributed by atoms with van der Waals surface area (Å²) in [6.07, 6.45) is 6.95. The van der Waals surface area contributed by atoms with Gasteiger partial charge in [-0.15, -0.1) is 0 Å². The second kappa shape index (κ2) is 12.5. The Balaban J connectivity index is 5.17. The third kappa shape index (κ3) is 8.52. The number of hydrogen-bond acceptors (Lipinski definition) is 4. The number of Topliss-reactive ketones (excluding diaryl/α,β-unsaturated/α-hetero) is 1. The van der Waals surface area contributed by atoms with Gasteiger partial charge >= 0.3 is 6.09 Å². The van der Waals surface area contributed by atoms with Crippen LogP contribution in [0.25, 0.3) is 0 Å². The molecule has 2 N–H and O–H groups in total. The van der Waals surface area contributed by atoms with Crippen molar-refractivity contribution in [3.05, 3.63) is 45.1 Å². The van der Waals surface area contributed by atoms with Crippen LogP contribution in [-0.2, 0) is 9.53 Å². The van der Waals surface area contributed by atoms with Gasteiger partial charge in [-0.25, -0.2) is 4.79 Å². The van der Waals surface area contributed by atoms with Crippen LogP contribution >= 0.6 is 15.9 Å². The van der Waals surface area contributed by atoms with E-state index >= 15 is 0 Å². The van der Waals surface area contributed by atoms with Crippen LogP contribution in [0.1, 0.15) is 47.5 Å². The molecule has 0 unspecified atom stereocenters. The predicted octanol–water partition coefficient (Wildman–Crippen LogP) is 4.85. The summed E-state index contributed by atoms with van der Waals surface area (Å²) in [6.45, 7) is 9.83. The number of carbonyl (C=O) groups is 2. The van der Waals surface area contributed by atoms with Crippen molar-refractivity contribution in [3.63, 3.8) is 0 Å². The van der Waals surface area contributed by atoms with Crippen molar-refractivity contribution >= 4 is 27.8 Å². The molecule has 0 bridgehead atoms. The first-order chi connectivity index (χ1) is 12.1. The average molecular weight is 427 g/mol. The van der Waals surface area contributed by atoms with E-state index in [9.17, 15) is 9.59 Å². The number of halogens is 1. The molecule has 146 valence electrons. The van der Waals surface area contributed by atoms with Crippen molar-refractivity contribution in [2.75, 3.05) is 20.2 Å². The summed E-state index contributed by atoms with van der Waals surface area (Å²) in [5.74, 6) is -0.232. The van der Waals surface area contributed by atoms with Crippen LogP contribution in [0.2, 0.25) is 0 Å². The SMILES string of the molecule is CC/C=C(C)/C(Br)=C\C=C(/C)C(=O)/C(COC(=O)N(C)CCC)=C(/C)N. The molecule has 0 aliphatic carbocycles. The minimum absolute atomic E-state index is 0.140. The maximum absolute atomic E-state index is 12.6. The second-order valence-corrected chi connectivity index (χ2v) is 6.98. The molecule has 0 aromatic heterocycles. The predicted molar refractivity (Wildman–Crippen MR) is 111 cm³/mol. The van der Waals surface area contributed by atoms with Crippen LogP contribution < -0.4 is 5.73 Å². The molecule has 0 spiro atoms. The fourth-order valence-corrected chi connectivity index (χ4v) is 2.37. The van der Waals surface area contributed by atoms with Gasteiger partial charge in [0.15, 0.2) is 5.78 Å². The molecule has 1 amide bonds. The van der Waals surface area contributed by atoms with Gasteiger partial charge in [0, 0.05) is 23.8 Å². The van der Waals surface area contributed by atoms with Gasteiger partial charge in [-0.2, -0.15) is 0 Å². The highest BCUT2D eigenvalue weighted by molar-refractivity contribution is 9.12. The number of nitrogens with zero attached hydrogens (tertiary/aromatic N) is 1. The Kier molecular flexibility index (Phi) is 11.6. The van der Waals surface area contributed by atoms with E-state index in [-0.39, 0.29) is 12.4 Å². The minimum atomic E-state index is -0.469. The molecule has 0 atom stereocenters. The quantitative estimate of drug-likeness (QED) is 0.422. The Bertz CT molecular complexity index is 627. The van der Waals surface area contributed by atoms with E-state index in [0.717, 1.165) is 22.9 Å². The fourth-order valence-electron chi connectivity index (χ4n) is 2.08. The number of allylic oxidation sites excluding steroid dienone is 7. The van der Waals surface area contributed by atoms with Crippen LogP contribution in [0.4, 0.5) is 4.79 Å². The lowest BCUT2D eigenvalue weighted by Gasteiger charge is -2.17. The molecule has 6 heteroatoms. The lowest BCUT2D eigenvalue weighted by molar-refractivity contribution is -0.112. The molecule has 0 aromatic carbocycles. The highest BCUT2D eigenvalue weighted by atomic mass is 79.9. The number of rotatable bonds is 9. The lowest BCUT2D eigenvalue weighted by atomic mass is 10.0. The number of hydrogen-bond donors (Lipinski definition) is 1. The molecule has 0 rings (SSSR count). The van der Waals surface area contributed by atoms with E-state index in [0.29, 0.717) is 23.4 Å². The van der Waals surface area contributed by atoms with Crippen molar-refractivity contribution in [2.24, 2.45) is 5.73 Å². The van der Waals surface area contributed by atoms with E-state index in [2.05, 4.69) is 28.9 Å². The zero-order valence-electron chi connectivity index (χ0n) is 16.7. The van der Waals surface area contributed by atoms with Gasteiger partial charge in [0.1, 0.15) is 6.61 Å². The van der Waals surface area contributed by atoms with Crippen LogP contribution in [0, 0.1) is 0 Å². The topological polar surface area (TPSA) is 72.6 Å². The van der Waals surface area contributed by atoms with Gasteiger partial charge in [0.2, 0.25) is 0 Å². The lowest BCUT2D eigenvalue weighted by Crippen LogP contribution is -2.29. The third-order valence-electron chi connectivity index (χ3n) is 3.69. The number of nitrogens with two attached hydrogens (primary N) is 1. The van der Waals surface area contributed by atoms with Crippen LogP contribution in [0.5, 0.6) is 0 Å². The summed E-state index contributed by atoms with van der Waals surface area (Å²) >= 11 is 3.49. The van der Waals surface area contributed by atoms with E-state index in [1.807, 2.05) is 19.9 Å². The number of amides is 1. The van der Waals surface area contributed by atoms with Gasteiger partial charge in [-0.05, 0) is 50.8 Å². The first-order valence-electron chi connectivity index (χ1n) is 8.74.